The highest BCUT2D eigenvalue weighted by Crippen LogP contribution is 2.40. The second-order valence-corrected chi connectivity index (χ2v) is 7.78. The van der Waals surface area contributed by atoms with Crippen LogP contribution in [0, 0.1) is 6.92 Å². The number of ether oxygens (including phenoxy) is 1. The highest BCUT2D eigenvalue weighted by molar-refractivity contribution is 7.19. The third-order valence-corrected chi connectivity index (χ3v) is 5.88. The van der Waals surface area contributed by atoms with Crippen LogP contribution >= 0.6 is 11.3 Å². The van der Waals surface area contributed by atoms with E-state index in [1.807, 2.05) is 6.92 Å². The van der Waals surface area contributed by atoms with Crippen LogP contribution in [-0.4, -0.2) is 30.0 Å². The molecule has 0 saturated heterocycles. The van der Waals surface area contributed by atoms with Crippen LogP contribution in [-0.2, 0) is 4.74 Å². The number of anilines is 1. The van der Waals surface area contributed by atoms with Gasteiger partial charge in [0.25, 0.3) is 5.91 Å². The summed E-state index contributed by atoms with van der Waals surface area (Å²) in [6, 6.07) is 13.4. The van der Waals surface area contributed by atoms with Crippen molar-refractivity contribution in [1.82, 2.24) is 0 Å². The van der Waals surface area contributed by atoms with Crippen LogP contribution in [0.25, 0.3) is 0 Å². The number of amides is 1. The molecule has 1 heterocycles. The van der Waals surface area contributed by atoms with E-state index in [0.717, 1.165) is 16.9 Å². The van der Waals surface area contributed by atoms with Gasteiger partial charge in [0.1, 0.15) is 10.6 Å². The third kappa shape index (κ3) is 3.23. The van der Waals surface area contributed by atoms with Gasteiger partial charge in [0, 0.05) is 16.7 Å². The summed E-state index contributed by atoms with van der Waals surface area (Å²) >= 11 is 0.915. The van der Waals surface area contributed by atoms with Crippen molar-refractivity contribution < 1.29 is 23.9 Å². The first-order chi connectivity index (χ1) is 14.4. The van der Waals surface area contributed by atoms with Crippen molar-refractivity contribution in [3.05, 3.63) is 86.8 Å². The molecule has 4 rings (SSSR count). The van der Waals surface area contributed by atoms with Crippen molar-refractivity contribution in [3.63, 3.8) is 0 Å². The van der Waals surface area contributed by atoms with E-state index in [2.05, 4.69) is 5.32 Å². The minimum absolute atomic E-state index is 0.0126. The summed E-state index contributed by atoms with van der Waals surface area (Å²) in [6.45, 7) is 3.64. The number of benzene rings is 2. The van der Waals surface area contributed by atoms with E-state index in [0.29, 0.717) is 5.56 Å². The van der Waals surface area contributed by atoms with E-state index in [4.69, 9.17) is 4.74 Å². The third-order valence-electron chi connectivity index (χ3n) is 4.78. The number of esters is 1. The molecule has 0 aliphatic heterocycles. The molecule has 30 heavy (non-hydrogen) atoms. The summed E-state index contributed by atoms with van der Waals surface area (Å²) in [5, 5.41) is 2.81. The maximum absolute atomic E-state index is 13.1. The Bertz CT molecular complexity index is 1210. The first kappa shape index (κ1) is 19.7. The fraction of sp³-hybridized carbons (Fsp3) is 0.130. The van der Waals surface area contributed by atoms with E-state index in [1.54, 1.807) is 55.5 Å². The molecule has 6 nitrogen and oxygen atoms in total. The topological polar surface area (TPSA) is 89.5 Å². The summed E-state index contributed by atoms with van der Waals surface area (Å²) in [4.78, 5) is 51.7. The number of hydrogen-bond acceptors (Lipinski definition) is 6. The molecule has 0 fully saturated rings. The summed E-state index contributed by atoms with van der Waals surface area (Å²) in [6.07, 6.45) is 0. The number of aryl methyl sites for hydroxylation is 1. The van der Waals surface area contributed by atoms with Crippen molar-refractivity contribution >= 4 is 39.8 Å². The van der Waals surface area contributed by atoms with Crippen molar-refractivity contribution in [2.24, 2.45) is 0 Å². The molecule has 1 aliphatic rings. The molecular weight excluding hydrogens is 402 g/mol. The lowest BCUT2D eigenvalue weighted by molar-refractivity contribution is 0.0525. The summed E-state index contributed by atoms with van der Waals surface area (Å²) < 4.78 is 5.12. The molecule has 150 valence electrons. The lowest BCUT2D eigenvalue weighted by Crippen LogP contribution is -2.22. The van der Waals surface area contributed by atoms with Crippen LogP contribution in [0.1, 0.15) is 64.4 Å². The predicted molar refractivity (Wildman–Crippen MR) is 113 cm³/mol. The SMILES string of the molecule is CCOC(=O)c1c(NC(=O)c2ccc(C)cc2)sc2c1C(=O)c1ccccc1C2=O. The second-order valence-electron chi connectivity index (χ2n) is 6.75. The van der Waals surface area contributed by atoms with Crippen molar-refractivity contribution in [2.75, 3.05) is 11.9 Å². The summed E-state index contributed by atoms with van der Waals surface area (Å²) in [5.41, 5.74) is 1.81. The van der Waals surface area contributed by atoms with Gasteiger partial charge in [-0.15, -0.1) is 11.3 Å². The molecule has 3 aromatic rings. The van der Waals surface area contributed by atoms with Gasteiger partial charge in [0.05, 0.1) is 17.0 Å². The molecule has 0 saturated carbocycles. The Morgan fingerprint density at radius 1 is 0.967 bits per heavy atom. The van der Waals surface area contributed by atoms with E-state index in [1.165, 1.54) is 0 Å². The molecule has 0 radical (unpaired) electrons. The Balaban J connectivity index is 1.82. The molecule has 1 aliphatic carbocycles. The maximum atomic E-state index is 13.1. The average molecular weight is 419 g/mol. The molecule has 2 aromatic carbocycles. The molecular formula is C23H17NO5S. The van der Waals surface area contributed by atoms with Crippen LogP contribution < -0.4 is 5.32 Å². The Labute approximate surface area is 176 Å². The molecule has 0 bridgehead atoms. The van der Waals surface area contributed by atoms with Gasteiger partial charge in [-0.25, -0.2) is 4.79 Å². The Morgan fingerprint density at radius 2 is 1.60 bits per heavy atom. The number of thiophene rings is 1. The van der Waals surface area contributed by atoms with Crippen LogP contribution in [0.2, 0.25) is 0 Å². The van der Waals surface area contributed by atoms with Gasteiger partial charge in [-0.05, 0) is 26.0 Å². The van der Waals surface area contributed by atoms with Gasteiger partial charge in [-0.3, -0.25) is 14.4 Å². The number of carbonyl (C=O) groups excluding carboxylic acids is 4. The molecule has 1 amide bonds. The Morgan fingerprint density at radius 3 is 2.23 bits per heavy atom. The summed E-state index contributed by atoms with van der Waals surface area (Å²) in [5.74, 6) is -1.99. The van der Waals surface area contributed by atoms with Gasteiger partial charge in [0.15, 0.2) is 5.78 Å². The lowest BCUT2D eigenvalue weighted by Gasteiger charge is -2.14. The monoisotopic (exact) mass is 419 g/mol. The van der Waals surface area contributed by atoms with E-state index >= 15 is 0 Å². The fourth-order valence-corrected chi connectivity index (χ4v) is 4.44. The normalized spacial score (nSPS) is 12.2. The molecule has 7 heteroatoms. The summed E-state index contributed by atoms with van der Waals surface area (Å²) in [7, 11) is 0. The van der Waals surface area contributed by atoms with Crippen molar-refractivity contribution in [1.29, 1.82) is 0 Å². The number of hydrogen-bond donors (Lipinski definition) is 1. The second kappa shape index (κ2) is 7.68. The van der Waals surface area contributed by atoms with Crippen molar-refractivity contribution in [3.8, 4) is 0 Å². The quantitative estimate of drug-likeness (QED) is 0.499. The average Bonchev–Trinajstić information content (AvgIpc) is 3.12. The van der Waals surface area contributed by atoms with Crippen LogP contribution in [0.3, 0.4) is 0 Å². The van der Waals surface area contributed by atoms with E-state index < -0.39 is 17.7 Å². The maximum Gasteiger partial charge on any atom is 0.341 e. The highest BCUT2D eigenvalue weighted by Gasteiger charge is 2.38. The molecule has 1 N–H and O–H groups in total. The Hall–Kier alpha value is -3.58. The zero-order valence-corrected chi connectivity index (χ0v) is 17.1. The molecule has 0 atom stereocenters. The smallest absolute Gasteiger partial charge is 0.341 e. The largest absolute Gasteiger partial charge is 0.462 e. The van der Waals surface area contributed by atoms with Crippen molar-refractivity contribution in [2.45, 2.75) is 13.8 Å². The predicted octanol–water partition coefficient (Wildman–Crippen LogP) is 4.26. The van der Waals surface area contributed by atoms with E-state index in [-0.39, 0.29) is 44.5 Å². The molecule has 1 aromatic heterocycles. The Kier molecular flexibility index (Phi) is 5.05. The van der Waals surface area contributed by atoms with Crippen LogP contribution in [0.4, 0.5) is 5.00 Å². The van der Waals surface area contributed by atoms with Crippen LogP contribution in [0.15, 0.2) is 48.5 Å². The van der Waals surface area contributed by atoms with E-state index in [9.17, 15) is 19.2 Å². The van der Waals surface area contributed by atoms with Gasteiger partial charge < -0.3 is 10.1 Å². The zero-order chi connectivity index (χ0) is 21.4. The highest BCUT2D eigenvalue weighted by atomic mass is 32.1. The first-order valence-electron chi connectivity index (χ1n) is 9.32. The first-order valence-corrected chi connectivity index (χ1v) is 10.1. The van der Waals surface area contributed by atoms with Gasteiger partial charge in [-0.2, -0.15) is 0 Å². The standard InChI is InChI=1S/C23H17NO5S/c1-3-29-23(28)17-16-18(25)14-6-4-5-7-15(14)19(26)20(16)30-22(17)24-21(27)13-10-8-12(2)9-11-13/h4-11H,3H2,1-2H3,(H,24,27). The number of fused-ring (bicyclic) bond motifs is 2. The fourth-order valence-electron chi connectivity index (χ4n) is 3.31. The minimum Gasteiger partial charge on any atom is -0.462 e. The molecule has 0 unspecified atom stereocenters. The minimum atomic E-state index is -0.755. The number of nitrogens with one attached hydrogen (secondary N) is 1. The lowest BCUT2D eigenvalue weighted by atomic mass is 9.87. The number of ketones is 2. The zero-order valence-electron chi connectivity index (χ0n) is 16.3. The molecule has 0 spiro atoms. The van der Waals surface area contributed by atoms with Gasteiger partial charge >= 0.3 is 5.97 Å². The van der Waals surface area contributed by atoms with Gasteiger partial charge in [0.2, 0.25) is 5.78 Å². The van der Waals surface area contributed by atoms with Gasteiger partial charge in [-0.1, -0.05) is 42.0 Å². The number of rotatable bonds is 4. The number of carbonyl (C=O) groups is 4. The van der Waals surface area contributed by atoms with Crippen LogP contribution in [0.5, 0.6) is 0 Å².